The summed E-state index contributed by atoms with van der Waals surface area (Å²) < 4.78 is 38.5. The molecule has 1 heterocycles. The molecule has 0 aromatic heterocycles. The lowest BCUT2D eigenvalue weighted by Crippen LogP contribution is -2.35. The average molecular weight is 470 g/mol. The van der Waals surface area contributed by atoms with E-state index in [1.54, 1.807) is 49.6 Å². The molecule has 4 aromatic rings. The van der Waals surface area contributed by atoms with Crippen molar-refractivity contribution in [1.29, 1.82) is 0 Å². The molecule has 1 aliphatic heterocycles. The molecule has 0 bridgehead atoms. The molecule has 0 N–H and O–H groups in total. The smallest absolute Gasteiger partial charge is 0.308 e. The third kappa shape index (κ3) is 3.77. The summed E-state index contributed by atoms with van der Waals surface area (Å²) in [7, 11) is 3.09. The highest BCUT2D eigenvalue weighted by molar-refractivity contribution is 5.96. The van der Waals surface area contributed by atoms with Gasteiger partial charge in [0.2, 0.25) is 0 Å². The number of fused-ring (bicyclic) bond motifs is 3. The van der Waals surface area contributed by atoms with Crippen molar-refractivity contribution in [3.8, 4) is 23.0 Å². The van der Waals surface area contributed by atoms with E-state index in [2.05, 4.69) is 0 Å². The summed E-state index contributed by atoms with van der Waals surface area (Å²) in [5.41, 5.74) is 0.293. The molecule has 5 nitrogen and oxygen atoms in total. The van der Waals surface area contributed by atoms with Gasteiger partial charge < -0.3 is 18.9 Å². The Balaban J connectivity index is 1.80. The van der Waals surface area contributed by atoms with Gasteiger partial charge in [0.1, 0.15) is 5.82 Å². The maximum atomic E-state index is 15.3. The lowest BCUT2D eigenvalue weighted by Gasteiger charge is -2.37. The van der Waals surface area contributed by atoms with E-state index in [4.69, 9.17) is 18.9 Å². The summed E-state index contributed by atoms with van der Waals surface area (Å²) in [6, 6.07) is 21.2. The molecule has 1 atom stereocenters. The molecule has 0 aliphatic carbocycles. The molecular formula is C29H23FO5. The van der Waals surface area contributed by atoms with Crippen molar-refractivity contribution in [2.45, 2.75) is 12.5 Å². The molecule has 5 rings (SSSR count). The van der Waals surface area contributed by atoms with Crippen LogP contribution in [0.1, 0.15) is 23.6 Å². The summed E-state index contributed by atoms with van der Waals surface area (Å²) in [4.78, 5) is 12.0. The zero-order valence-electron chi connectivity index (χ0n) is 19.5. The minimum absolute atomic E-state index is 0.261. The molecule has 1 unspecified atom stereocenters. The first-order chi connectivity index (χ1) is 17.0. The Kier molecular flexibility index (Phi) is 5.65. The van der Waals surface area contributed by atoms with E-state index in [1.165, 1.54) is 20.1 Å². The number of halogens is 1. The number of rotatable bonds is 5. The SMILES string of the molecule is COc1ccc(C2(c3ccccc3F)C=Cc3c(c(OC(C)=O)cc4ccccc34)O2)cc1OC. The molecule has 0 saturated heterocycles. The number of ether oxygens (including phenoxy) is 4. The topological polar surface area (TPSA) is 54.0 Å². The second-order valence-electron chi connectivity index (χ2n) is 8.15. The van der Waals surface area contributed by atoms with Crippen LogP contribution in [-0.4, -0.2) is 20.2 Å². The Morgan fingerprint density at radius 1 is 0.886 bits per heavy atom. The molecule has 0 fully saturated rings. The largest absolute Gasteiger partial charge is 0.493 e. The summed E-state index contributed by atoms with van der Waals surface area (Å²) in [6.45, 7) is 1.33. The van der Waals surface area contributed by atoms with Crippen molar-refractivity contribution in [3.63, 3.8) is 0 Å². The standard InChI is InChI=1S/C29H23FO5/c1-18(31)34-27-16-19-8-4-5-9-21(19)22-14-15-29(35-28(22)27,23-10-6-7-11-24(23)30)20-12-13-25(32-2)26(17-20)33-3/h4-17H,1-3H3. The van der Waals surface area contributed by atoms with Crippen molar-refractivity contribution in [3.05, 3.63) is 101 Å². The van der Waals surface area contributed by atoms with Crippen molar-refractivity contribution in [1.82, 2.24) is 0 Å². The molecule has 35 heavy (non-hydrogen) atoms. The van der Waals surface area contributed by atoms with Crippen molar-refractivity contribution in [2.24, 2.45) is 0 Å². The van der Waals surface area contributed by atoms with Crippen LogP contribution in [0.3, 0.4) is 0 Å². The van der Waals surface area contributed by atoms with Gasteiger partial charge in [0.15, 0.2) is 28.6 Å². The predicted octanol–water partition coefficient (Wildman–Crippen LogP) is 6.27. The molecule has 176 valence electrons. The molecule has 6 heteroatoms. The quantitative estimate of drug-likeness (QED) is 0.254. The van der Waals surface area contributed by atoms with E-state index in [0.717, 1.165) is 16.3 Å². The summed E-state index contributed by atoms with van der Waals surface area (Å²) in [6.07, 6.45) is 3.70. The number of hydrogen-bond acceptors (Lipinski definition) is 5. The third-order valence-electron chi connectivity index (χ3n) is 6.09. The number of hydrogen-bond donors (Lipinski definition) is 0. The highest BCUT2D eigenvalue weighted by Crippen LogP contribution is 2.50. The second kappa shape index (κ2) is 8.80. The first-order valence-corrected chi connectivity index (χ1v) is 11.1. The monoisotopic (exact) mass is 470 g/mol. The van der Waals surface area contributed by atoms with Crippen molar-refractivity contribution >= 4 is 22.8 Å². The van der Waals surface area contributed by atoms with Gasteiger partial charge in [0.05, 0.1) is 14.2 Å². The van der Waals surface area contributed by atoms with E-state index in [1.807, 2.05) is 36.4 Å². The molecule has 0 saturated carbocycles. The maximum absolute atomic E-state index is 15.3. The Bertz CT molecular complexity index is 1480. The molecule has 0 radical (unpaired) electrons. The Hall–Kier alpha value is -4.32. The van der Waals surface area contributed by atoms with Gasteiger partial charge in [0.25, 0.3) is 0 Å². The minimum Gasteiger partial charge on any atom is -0.493 e. The number of carbonyl (C=O) groups excluding carboxylic acids is 1. The normalized spacial score (nSPS) is 16.3. The van der Waals surface area contributed by atoms with Crippen LogP contribution in [0.15, 0.2) is 78.9 Å². The van der Waals surface area contributed by atoms with Crippen molar-refractivity contribution < 1.29 is 28.1 Å². The van der Waals surface area contributed by atoms with Crippen molar-refractivity contribution in [2.75, 3.05) is 14.2 Å². The van der Waals surface area contributed by atoms with Crippen LogP contribution < -0.4 is 18.9 Å². The second-order valence-corrected chi connectivity index (χ2v) is 8.15. The van der Waals surface area contributed by atoms with Crippen LogP contribution in [0, 0.1) is 5.82 Å². The molecular weight excluding hydrogens is 447 g/mol. The van der Waals surface area contributed by atoms with E-state index < -0.39 is 17.4 Å². The fourth-order valence-electron chi connectivity index (χ4n) is 4.51. The fourth-order valence-corrected chi connectivity index (χ4v) is 4.51. The fraction of sp³-hybridized carbons (Fsp3) is 0.138. The Morgan fingerprint density at radius 3 is 2.37 bits per heavy atom. The van der Waals surface area contributed by atoms with Gasteiger partial charge >= 0.3 is 5.97 Å². The van der Waals surface area contributed by atoms with Gasteiger partial charge in [0, 0.05) is 23.6 Å². The van der Waals surface area contributed by atoms with Crippen LogP contribution >= 0.6 is 0 Å². The number of methoxy groups -OCH3 is 2. The van der Waals surface area contributed by atoms with E-state index in [0.29, 0.717) is 28.4 Å². The lowest BCUT2D eigenvalue weighted by atomic mass is 9.82. The van der Waals surface area contributed by atoms with Gasteiger partial charge in [-0.1, -0.05) is 48.5 Å². The van der Waals surface area contributed by atoms with Gasteiger partial charge in [-0.15, -0.1) is 0 Å². The minimum atomic E-state index is -1.37. The first-order valence-electron chi connectivity index (χ1n) is 11.1. The van der Waals surface area contributed by atoms with Crippen LogP contribution in [0.4, 0.5) is 4.39 Å². The number of esters is 1. The van der Waals surface area contributed by atoms with E-state index in [9.17, 15) is 4.79 Å². The first kappa shape index (κ1) is 22.5. The number of carbonyl (C=O) groups is 1. The van der Waals surface area contributed by atoms with Crippen LogP contribution in [0.2, 0.25) is 0 Å². The highest BCUT2D eigenvalue weighted by Gasteiger charge is 2.41. The molecule has 1 aliphatic rings. The zero-order chi connectivity index (χ0) is 24.6. The summed E-state index contributed by atoms with van der Waals surface area (Å²) in [5.74, 6) is 0.693. The Morgan fingerprint density at radius 2 is 1.63 bits per heavy atom. The van der Waals surface area contributed by atoms with E-state index >= 15 is 4.39 Å². The van der Waals surface area contributed by atoms with Gasteiger partial charge in [-0.05, 0) is 47.2 Å². The van der Waals surface area contributed by atoms with Crippen LogP contribution in [0.25, 0.3) is 16.8 Å². The van der Waals surface area contributed by atoms with Crippen LogP contribution in [0.5, 0.6) is 23.0 Å². The molecule has 0 spiro atoms. The van der Waals surface area contributed by atoms with E-state index in [-0.39, 0.29) is 5.75 Å². The zero-order valence-corrected chi connectivity index (χ0v) is 19.5. The number of benzene rings is 4. The van der Waals surface area contributed by atoms with Gasteiger partial charge in [-0.3, -0.25) is 4.79 Å². The molecule has 4 aromatic carbocycles. The van der Waals surface area contributed by atoms with Gasteiger partial charge in [-0.2, -0.15) is 0 Å². The summed E-state index contributed by atoms with van der Waals surface area (Å²) >= 11 is 0. The summed E-state index contributed by atoms with van der Waals surface area (Å²) in [5, 5.41) is 1.81. The predicted molar refractivity (Wildman–Crippen MR) is 132 cm³/mol. The third-order valence-corrected chi connectivity index (χ3v) is 6.09. The maximum Gasteiger partial charge on any atom is 0.308 e. The lowest BCUT2D eigenvalue weighted by molar-refractivity contribution is -0.132. The molecule has 0 amide bonds. The Labute approximate surface area is 202 Å². The van der Waals surface area contributed by atoms with Gasteiger partial charge in [-0.25, -0.2) is 4.39 Å². The van der Waals surface area contributed by atoms with Crippen LogP contribution in [-0.2, 0) is 10.4 Å². The highest BCUT2D eigenvalue weighted by atomic mass is 19.1. The average Bonchev–Trinajstić information content (AvgIpc) is 2.88.